The van der Waals surface area contributed by atoms with Gasteiger partial charge in [0.1, 0.15) is 0 Å². The van der Waals surface area contributed by atoms with Gasteiger partial charge in [0.05, 0.1) is 11.2 Å². The van der Waals surface area contributed by atoms with Crippen molar-refractivity contribution in [3.8, 4) is 0 Å². The Morgan fingerprint density at radius 3 is 1.83 bits per heavy atom. The van der Waals surface area contributed by atoms with E-state index in [2.05, 4.69) is 80.2 Å². The van der Waals surface area contributed by atoms with Crippen LogP contribution in [0.5, 0.6) is 0 Å². The summed E-state index contributed by atoms with van der Waals surface area (Å²) < 4.78 is 12.4. The highest BCUT2D eigenvalue weighted by Gasteiger charge is 2.52. The second-order valence-corrected chi connectivity index (χ2v) is 7.96. The minimum absolute atomic E-state index is 0.327. The molecule has 0 aromatic heterocycles. The van der Waals surface area contributed by atoms with Crippen molar-refractivity contribution in [1.29, 1.82) is 0 Å². The molecule has 126 valence electrons. The first kappa shape index (κ1) is 18.6. The molecule has 1 aromatic rings. The Hall–Kier alpha value is -0.705. The molecular weight excluding hydrogens is 303 g/mol. The van der Waals surface area contributed by atoms with Crippen LogP contribution >= 0.6 is 12.6 Å². The zero-order valence-electron chi connectivity index (χ0n) is 15.7. The molecule has 2 rings (SSSR count). The highest BCUT2D eigenvalue weighted by Crippen LogP contribution is 2.39. The van der Waals surface area contributed by atoms with E-state index in [0.29, 0.717) is 5.75 Å². The Bertz CT molecular complexity index is 605. The van der Waals surface area contributed by atoms with Gasteiger partial charge in [-0.05, 0) is 88.7 Å². The van der Waals surface area contributed by atoms with Crippen LogP contribution in [0.1, 0.15) is 55.5 Å². The Labute approximate surface area is 147 Å². The van der Waals surface area contributed by atoms with Crippen molar-refractivity contribution in [2.24, 2.45) is 0 Å². The minimum atomic E-state index is -0.336. The maximum Gasteiger partial charge on any atom is 0.491 e. The lowest BCUT2D eigenvalue weighted by Gasteiger charge is -2.32. The van der Waals surface area contributed by atoms with E-state index in [1.807, 2.05) is 0 Å². The fraction of sp³-hybridized carbons (Fsp3) is 0.579. The Kier molecular flexibility index (Phi) is 5.11. The molecule has 1 heterocycles. The lowest BCUT2D eigenvalue weighted by atomic mass is 9.77. The number of thiol groups is 1. The summed E-state index contributed by atoms with van der Waals surface area (Å²) in [6.07, 6.45) is 2.21. The lowest BCUT2D eigenvalue weighted by molar-refractivity contribution is 0.00578. The standard InChI is InChI=1S/C19H29BO2S/c1-12-9-13(2)15(4)17(14(12)3)10-16(11-23)20-21-18(5,6)19(7,8)22-20/h9-10,23H,11H2,1-8H3. The Balaban J connectivity index is 2.46. The van der Waals surface area contributed by atoms with Crippen molar-refractivity contribution in [1.82, 2.24) is 0 Å². The Morgan fingerprint density at radius 2 is 1.43 bits per heavy atom. The van der Waals surface area contributed by atoms with E-state index in [1.165, 1.54) is 27.8 Å². The van der Waals surface area contributed by atoms with E-state index < -0.39 is 0 Å². The predicted molar refractivity (Wildman–Crippen MR) is 103 cm³/mol. The van der Waals surface area contributed by atoms with Gasteiger partial charge in [-0.25, -0.2) is 0 Å². The summed E-state index contributed by atoms with van der Waals surface area (Å²) in [4.78, 5) is 0. The van der Waals surface area contributed by atoms with Crippen molar-refractivity contribution in [2.75, 3.05) is 5.75 Å². The van der Waals surface area contributed by atoms with Gasteiger partial charge in [-0.15, -0.1) is 0 Å². The van der Waals surface area contributed by atoms with Crippen LogP contribution in [0.15, 0.2) is 11.5 Å². The fourth-order valence-corrected chi connectivity index (χ4v) is 3.07. The summed E-state index contributed by atoms with van der Waals surface area (Å²) in [5, 5.41) is 0. The molecule has 0 aliphatic carbocycles. The van der Waals surface area contributed by atoms with Gasteiger partial charge >= 0.3 is 7.12 Å². The summed E-state index contributed by atoms with van der Waals surface area (Å²) in [6, 6.07) is 2.25. The Morgan fingerprint density at radius 1 is 1.00 bits per heavy atom. The van der Waals surface area contributed by atoms with Crippen LogP contribution in [0.25, 0.3) is 6.08 Å². The SMILES string of the molecule is Cc1cc(C)c(C)c(C=C(CS)B2OC(C)(C)C(C)(C)O2)c1C. The molecule has 2 nitrogen and oxygen atoms in total. The number of hydrogen-bond acceptors (Lipinski definition) is 3. The maximum atomic E-state index is 6.19. The van der Waals surface area contributed by atoms with Crippen LogP contribution in [-0.2, 0) is 9.31 Å². The van der Waals surface area contributed by atoms with Gasteiger partial charge in [0.2, 0.25) is 0 Å². The third-order valence-electron chi connectivity index (χ3n) is 5.49. The van der Waals surface area contributed by atoms with Gasteiger partial charge in [-0.1, -0.05) is 12.1 Å². The van der Waals surface area contributed by atoms with Gasteiger partial charge in [0.25, 0.3) is 0 Å². The fourth-order valence-electron chi connectivity index (χ4n) is 2.83. The van der Waals surface area contributed by atoms with Crippen molar-refractivity contribution in [2.45, 2.75) is 66.6 Å². The van der Waals surface area contributed by atoms with Crippen molar-refractivity contribution < 1.29 is 9.31 Å². The summed E-state index contributed by atoms with van der Waals surface area (Å²) in [6.45, 7) is 17.0. The van der Waals surface area contributed by atoms with Gasteiger partial charge in [0, 0.05) is 5.75 Å². The summed E-state index contributed by atoms with van der Waals surface area (Å²) >= 11 is 4.53. The van der Waals surface area contributed by atoms with Gasteiger partial charge in [-0.2, -0.15) is 12.6 Å². The minimum Gasteiger partial charge on any atom is -0.400 e. The molecule has 0 saturated carbocycles. The van der Waals surface area contributed by atoms with Gasteiger partial charge in [0.15, 0.2) is 0 Å². The average Bonchev–Trinajstić information content (AvgIpc) is 2.65. The van der Waals surface area contributed by atoms with Crippen LogP contribution in [-0.4, -0.2) is 24.1 Å². The smallest absolute Gasteiger partial charge is 0.400 e. The molecule has 0 radical (unpaired) electrons. The molecule has 0 spiro atoms. The second kappa shape index (κ2) is 6.31. The van der Waals surface area contributed by atoms with E-state index in [4.69, 9.17) is 9.31 Å². The van der Waals surface area contributed by atoms with E-state index in [0.717, 1.165) is 5.47 Å². The van der Waals surface area contributed by atoms with Gasteiger partial charge < -0.3 is 9.31 Å². The average molecular weight is 332 g/mol. The van der Waals surface area contributed by atoms with E-state index in [-0.39, 0.29) is 18.3 Å². The van der Waals surface area contributed by atoms with E-state index >= 15 is 0 Å². The first-order chi connectivity index (χ1) is 10.5. The molecule has 0 unspecified atom stereocenters. The van der Waals surface area contributed by atoms with Gasteiger partial charge in [-0.3, -0.25) is 0 Å². The third kappa shape index (κ3) is 3.40. The zero-order chi connectivity index (χ0) is 17.6. The molecule has 0 bridgehead atoms. The van der Waals surface area contributed by atoms with Crippen LogP contribution in [0.4, 0.5) is 0 Å². The molecule has 1 aliphatic rings. The predicted octanol–water partition coefficient (Wildman–Crippen LogP) is 4.86. The second-order valence-electron chi connectivity index (χ2n) is 7.64. The normalized spacial score (nSPS) is 20.2. The molecule has 0 N–H and O–H groups in total. The third-order valence-corrected chi connectivity index (χ3v) is 5.86. The number of hydrogen-bond donors (Lipinski definition) is 1. The number of aryl methyl sites for hydroxylation is 2. The van der Waals surface area contributed by atoms with Crippen molar-refractivity contribution in [3.63, 3.8) is 0 Å². The number of rotatable bonds is 3. The van der Waals surface area contributed by atoms with Crippen molar-refractivity contribution in [3.05, 3.63) is 39.4 Å². The molecule has 0 atom stereocenters. The topological polar surface area (TPSA) is 18.5 Å². The first-order valence-electron chi connectivity index (χ1n) is 8.24. The molecular formula is C19H29BO2S. The van der Waals surface area contributed by atoms with Crippen LogP contribution in [0.2, 0.25) is 0 Å². The first-order valence-corrected chi connectivity index (χ1v) is 8.88. The van der Waals surface area contributed by atoms with Crippen molar-refractivity contribution >= 4 is 25.8 Å². The highest BCUT2D eigenvalue weighted by atomic mass is 32.1. The summed E-state index contributed by atoms with van der Waals surface area (Å²) in [7, 11) is -0.336. The molecule has 4 heteroatoms. The lowest BCUT2D eigenvalue weighted by Crippen LogP contribution is -2.41. The van der Waals surface area contributed by atoms with E-state index in [1.54, 1.807) is 0 Å². The maximum absolute atomic E-state index is 6.19. The van der Waals surface area contributed by atoms with Crippen LogP contribution in [0, 0.1) is 27.7 Å². The summed E-state index contributed by atoms with van der Waals surface area (Å²) in [5.74, 6) is 0.614. The molecule has 23 heavy (non-hydrogen) atoms. The molecule has 0 amide bonds. The molecule has 1 fully saturated rings. The van der Waals surface area contributed by atoms with Crippen LogP contribution < -0.4 is 0 Å². The van der Waals surface area contributed by atoms with Crippen LogP contribution in [0.3, 0.4) is 0 Å². The molecule has 1 aromatic carbocycles. The van der Waals surface area contributed by atoms with E-state index in [9.17, 15) is 0 Å². The highest BCUT2D eigenvalue weighted by molar-refractivity contribution is 7.80. The monoisotopic (exact) mass is 332 g/mol. The number of benzene rings is 1. The molecule has 1 aliphatic heterocycles. The quantitative estimate of drug-likeness (QED) is 0.629. The summed E-state index contributed by atoms with van der Waals surface area (Å²) in [5.41, 5.74) is 6.93. The largest absolute Gasteiger partial charge is 0.491 e. The molecule has 1 saturated heterocycles. The zero-order valence-corrected chi connectivity index (χ0v) is 16.6.